The van der Waals surface area contributed by atoms with Gasteiger partial charge in [-0.1, -0.05) is 25.0 Å². The number of nitrogens with one attached hydrogen (secondary N) is 1. The van der Waals surface area contributed by atoms with Gasteiger partial charge in [-0.15, -0.1) is 0 Å². The fraction of sp³-hybridized carbons (Fsp3) is 0.520. The van der Waals surface area contributed by atoms with Crippen molar-refractivity contribution in [3.8, 4) is 5.75 Å². The molecule has 1 aromatic carbocycles. The number of sulfonamides is 1. The molecule has 1 unspecified atom stereocenters. The fourth-order valence-corrected chi connectivity index (χ4v) is 6.18. The topological polar surface area (TPSA) is 94.6 Å². The lowest BCUT2D eigenvalue weighted by Crippen LogP contribution is -2.44. The molecule has 182 valence electrons. The summed E-state index contributed by atoms with van der Waals surface area (Å²) >= 11 is 0. The number of pyridine rings is 1. The number of ether oxygens (including phenoxy) is 2. The molecule has 1 aromatic heterocycles. The molecule has 7 nitrogen and oxygen atoms in total. The number of rotatable bonds is 6. The van der Waals surface area contributed by atoms with E-state index in [4.69, 9.17) is 9.47 Å². The first kappa shape index (κ1) is 23.2. The Morgan fingerprint density at radius 3 is 2.59 bits per heavy atom. The zero-order chi connectivity index (χ0) is 24.0. The molecular formula is C25H29FN2O5S. The summed E-state index contributed by atoms with van der Waals surface area (Å²) < 4.78 is 53.7. The van der Waals surface area contributed by atoms with Gasteiger partial charge in [-0.25, -0.2) is 14.1 Å². The number of benzene rings is 1. The molecule has 2 heterocycles. The average Bonchev–Trinajstić information content (AvgIpc) is 3.45. The van der Waals surface area contributed by atoms with E-state index < -0.39 is 32.4 Å². The maximum atomic E-state index is 14.0. The molecule has 1 saturated heterocycles. The molecule has 2 aliphatic carbocycles. The van der Waals surface area contributed by atoms with Crippen molar-refractivity contribution in [1.82, 2.24) is 9.71 Å². The third-order valence-corrected chi connectivity index (χ3v) is 8.56. The molecule has 2 aromatic rings. The van der Waals surface area contributed by atoms with Crippen molar-refractivity contribution in [3.63, 3.8) is 0 Å². The van der Waals surface area contributed by atoms with Gasteiger partial charge in [0.1, 0.15) is 5.75 Å². The molecule has 1 aliphatic heterocycles. The third kappa shape index (κ3) is 4.43. The first-order valence-electron chi connectivity index (χ1n) is 11.8. The van der Waals surface area contributed by atoms with Crippen LogP contribution in [0.5, 0.6) is 5.75 Å². The highest BCUT2D eigenvalue weighted by Crippen LogP contribution is 2.47. The molecular weight excluding hydrogens is 459 g/mol. The van der Waals surface area contributed by atoms with E-state index in [1.807, 2.05) is 29.8 Å². The average molecular weight is 489 g/mol. The van der Waals surface area contributed by atoms with Gasteiger partial charge in [0.05, 0.1) is 12.2 Å². The molecule has 0 radical (unpaired) electrons. The number of aromatic nitrogens is 1. The highest BCUT2D eigenvalue weighted by atomic mass is 32.2. The van der Waals surface area contributed by atoms with Gasteiger partial charge in [0.25, 0.3) is 15.9 Å². The molecule has 0 bridgehead atoms. The van der Waals surface area contributed by atoms with Gasteiger partial charge >= 0.3 is 0 Å². The van der Waals surface area contributed by atoms with Crippen LogP contribution in [0.15, 0.2) is 41.6 Å². The van der Waals surface area contributed by atoms with E-state index in [1.165, 1.54) is 18.9 Å². The molecule has 9 heteroatoms. The number of carbonyl (C=O) groups excluding carboxylic acids is 1. The fourth-order valence-electron chi connectivity index (χ4n) is 5.13. The van der Waals surface area contributed by atoms with Gasteiger partial charge in [-0.2, -0.15) is 8.42 Å². The summed E-state index contributed by atoms with van der Waals surface area (Å²) in [5, 5.41) is -0.810. The van der Waals surface area contributed by atoms with Crippen LogP contribution in [0.4, 0.5) is 4.39 Å². The van der Waals surface area contributed by atoms with Crippen molar-refractivity contribution in [2.75, 3.05) is 6.61 Å². The molecule has 1 amide bonds. The lowest BCUT2D eigenvalue weighted by Gasteiger charge is -2.38. The Morgan fingerprint density at radius 2 is 1.94 bits per heavy atom. The number of carbonyl (C=O) groups is 1. The second-order valence-corrected chi connectivity index (χ2v) is 11.4. The summed E-state index contributed by atoms with van der Waals surface area (Å²) in [5.41, 5.74) is 0.663. The number of amides is 1. The summed E-state index contributed by atoms with van der Waals surface area (Å²) in [7, 11) is -4.46. The molecule has 1 atom stereocenters. The molecule has 3 aliphatic rings. The van der Waals surface area contributed by atoms with E-state index >= 15 is 0 Å². The van der Waals surface area contributed by atoms with Crippen molar-refractivity contribution in [1.29, 1.82) is 0 Å². The van der Waals surface area contributed by atoms with Gasteiger partial charge < -0.3 is 9.47 Å². The van der Waals surface area contributed by atoms with Crippen molar-refractivity contribution in [2.45, 2.75) is 80.4 Å². The van der Waals surface area contributed by atoms with E-state index in [-0.39, 0.29) is 11.5 Å². The maximum absolute atomic E-state index is 14.0. The summed E-state index contributed by atoms with van der Waals surface area (Å²) in [4.78, 5) is 16.6. The Bertz CT molecular complexity index is 1200. The van der Waals surface area contributed by atoms with Gasteiger partial charge in [-0.05, 0) is 61.9 Å². The van der Waals surface area contributed by atoms with Crippen molar-refractivity contribution in [2.24, 2.45) is 0 Å². The largest absolute Gasteiger partial charge is 0.477 e. The first-order chi connectivity index (χ1) is 16.2. The van der Waals surface area contributed by atoms with E-state index in [0.717, 1.165) is 49.1 Å². The highest BCUT2D eigenvalue weighted by Gasteiger charge is 2.55. The minimum Gasteiger partial charge on any atom is -0.477 e. The van der Waals surface area contributed by atoms with E-state index in [9.17, 15) is 17.6 Å². The lowest BCUT2D eigenvalue weighted by atomic mass is 9.84. The molecule has 1 spiro atoms. The maximum Gasteiger partial charge on any atom is 0.284 e. The van der Waals surface area contributed by atoms with Gasteiger partial charge in [0, 0.05) is 25.0 Å². The van der Waals surface area contributed by atoms with Crippen molar-refractivity contribution < 1.29 is 27.1 Å². The summed E-state index contributed by atoms with van der Waals surface area (Å²) in [6.07, 6.45) is 8.55. The Labute approximate surface area is 199 Å². The Balaban J connectivity index is 1.33. The van der Waals surface area contributed by atoms with Crippen LogP contribution in [0, 0.1) is 12.7 Å². The van der Waals surface area contributed by atoms with Crippen LogP contribution in [0.2, 0.25) is 0 Å². The summed E-state index contributed by atoms with van der Waals surface area (Å²) in [6.45, 7) is 2.54. The van der Waals surface area contributed by atoms with E-state index in [0.29, 0.717) is 25.2 Å². The molecule has 5 rings (SSSR count). The smallest absolute Gasteiger partial charge is 0.284 e. The van der Waals surface area contributed by atoms with Crippen LogP contribution in [0.3, 0.4) is 0 Å². The number of halogens is 1. The minimum absolute atomic E-state index is 0.0227. The molecule has 1 N–H and O–H groups in total. The predicted octanol–water partition coefficient (Wildman–Crippen LogP) is 4.15. The third-order valence-electron chi connectivity index (χ3n) is 7.29. The Hall–Kier alpha value is -2.52. The van der Waals surface area contributed by atoms with E-state index in [2.05, 4.69) is 4.98 Å². The monoisotopic (exact) mass is 488 g/mol. The van der Waals surface area contributed by atoms with Crippen LogP contribution in [0.1, 0.15) is 68.4 Å². The standard InChI is InChI=1S/C25H29FN2O5S/c1-17-6-7-19(18-8-11-24(32-16-18)9-2-3-10-24)21(15-17)33-25(12-13-25)23(29)28-34(30,31)22-20(26)5-4-14-27-22/h4-7,14-15,18H,2-3,8-13,16H2,1H3,(H,28,29). The number of hydrogen-bond acceptors (Lipinski definition) is 6. The normalized spacial score (nSPS) is 22.9. The lowest BCUT2D eigenvalue weighted by molar-refractivity contribution is -0.128. The Morgan fingerprint density at radius 1 is 1.18 bits per heavy atom. The van der Waals surface area contributed by atoms with Crippen molar-refractivity contribution >= 4 is 15.9 Å². The van der Waals surface area contributed by atoms with Crippen LogP contribution in [-0.4, -0.2) is 37.1 Å². The SMILES string of the molecule is Cc1ccc(C2CCC3(CCCC3)OC2)c(OC2(C(=O)NS(=O)(=O)c3ncccc3F)CC2)c1. The summed E-state index contributed by atoms with van der Waals surface area (Å²) in [6, 6.07) is 8.17. The van der Waals surface area contributed by atoms with Gasteiger partial charge in [0.15, 0.2) is 11.4 Å². The quantitative estimate of drug-likeness (QED) is 0.656. The minimum atomic E-state index is -4.46. The van der Waals surface area contributed by atoms with Crippen LogP contribution < -0.4 is 9.46 Å². The van der Waals surface area contributed by atoms with Crippen molar-refractivity contribution in [3.05, 3.63) is 53.5 Å². The molecule has 34 heavy (non-hydrogen) atoms. The predicted molar refractivity (Wildman–Crippen MR) is 122 cm³/mol. The zero-order valence-corrected chi connectivity index (χ0v) is 20.0. The van der Waals surface area contributed by atoms with Crippen LogP contribution in [-0.2, 0) is 19.6 Å². The molecule has 3 fully saturated rings. The first-order valence-corrected chi connectivity index (χ1v) is 13.3. The van der Waals surface area contributed by atoms with Gasteiger partial charge in [0.2, 0.25) is 5.03 Å². The van der Waals surface area contributed by atoms with Crippen LogP contribution >= 0.6 is 0 Å². The van der Waals surface area contributed by atoms with Crippen LogP contribution in [0.25, 0.3) is 0 Å². The highest BCUT2D eigenvalue weighted by molar-refractivity contribution is 7.90. The number of nitrogens with zero attached hydrogens (tertiary/aromatic N) is 1. The Kier molecular flexibility index (Phi) is 5.88. The number of aryl methyl sites for hydroxylation is 1. The van der Waals surface area contributed by atoms with E-state index in [1.54, 1.807) is 0 Å². The zero-order valence-electron chi connectivity index (χ0n) is 19.2. The molecule has 2 saturated carbocycles. The summed E-state index contributed by atoms with van der Waals surface area (Å²) in [5.74, 6) is -1.11. The second-order valence-electron chi connectivity index (χ2n) is 9.80. The number of hydrogen-bond donors (Lipinski definition) is 1. The van der Waals surface area contributed by atoms with Gasteiger partial charge in [-0.3, -0.25) is 4.79 Å². The second kappa shape index (κ2) is 8.61.